The average molecular weight is 371 g/mol. The van der Waals surface area contributed by atoms with E-state index in [1.165, 1.54) is 32.6 Å². The average Bonchev–Trinajstić information content (AvgIpc) is 3.34. The van der Waals surface area contributed by atoms with Gasteiger partial charge in [-0.1, -0.05) is 12.2 Å². The molecule has 2 amide bonds. The fraction of sp³-hybridized carbons (Fsp3) is 0.389. The summed E-state index contributed by atoms with van der Waals surface area (Å²) in [5.74, 6) is -0.836. The molecule has 140 valence electrons. The highest BCUT2D eigenvalue weighted by molar-refractivity contribution is 6.07. The second kappa shape index (κ2) is 6.19. The minimum Gasteiger partial charge on any atom is -0.496 e. The molecule has 1 saturated heterocycles. The van der Waals surface area contributed by atoms with Gasteiger partial charge in [-0.25, -0.2) is 0 Å². The van der Waals surface area contributed by atoms with Crippen LogP contribution in [0.3, 0.4) is 0 Å². The molecule has 0 spiro atoms. The third kappa shape index (κ3) is 2.49. The van der Waals surface area contributed by atoms with E-state index in [-0.39, 0.29) is 58.2 Å². The highest BCUT2D eigenvalue weighted by atomic mass is 16.6. The molecule has 4 atom stereocenters. The number of hydrogen-bond acceptors (Lipinski definition) is 7. The fourth-order valence-electron chi connectivity index (χ4n) is 4.27. The predicted molar refractivity (Wildman–Crippen MR) is 93.4 cm³/mol. The van der Waals surface area contributed by atoms with Crippen molar-refractivity contribution in [2.24, 2.45) is 28.8 Å². The Balaban J connectivity index is 1.65. The van der Waals surface area contributed by atoms with E-state index in [1.54, 1.807) is 0 Å². The van der Waals surface area contributed by atoms with E-state index in [2.05, 4.69) is 5.10 Å². The van der Waals surface area contributed by atoms with Gasteiger partial charge in [-0.05, 0) is 18.3 Å². The summed E-state index contributed by atoms with van der Waals surface area (Å²) in [5, 5.41) is 16.1. The van der Waals surface area contributed by atoms with Crippen LogP contribution in [0.4, 0.5) is 5.69 Å². The van der Waals surface area contributed by atoms with Crippen LogP contribution in [0.25, 0.3) is 0 Å². The summed E-state index contributed by atoms with van der Waals surface area (Å²) in [4.78, 5) is 35.9. The second-order valence-electron chi connectivity index (χ2n) is 6.76. The number of hydrogen-bond donors (Lipinski definition) is 0. The molecule has 9 heteroatoms. The van der Waals surface area contributed by atoms with E-state index in [0.717, 1.165) is 11.4 Å². The Kier molecular flexibility index (Phi) is 3.94. The number of nitro benzene ring substituents is 1. The van der Waals surface area contributed by atoms with Gasteiger partial charge >= 0.3 is 5.69 Å². The lowest BCUT2D eigenvalue weighted by molar-refractivity contribution is -0.385. The lowest BCUT2D eigenvalue weighted by Gasteiger charge is -2.13. The number of nitrogens with zero attached hydrogens (tertiary/aromatic N) is 3. The number of ether oxygens (including phenoxy) is 2. The van der Waals surface area contributed by atoms with Gasteiger partial charge in [0.2, 0.25) is 5.75 Å². The Bertz CT molecular complexity index is 879. The maximum Gasteiger partial charge on any atom is 0.311 e. The molecule has 0 N–H and O–H groups in total. The summed E-state index contributed by atoms with van der Waals surface area (Å²) >= 11 is 0. The van der Waals surface area contributed by atoms with Gasteiger partial charge in [0.15, 0.2) is 0 Å². The summed E-state index contributed by atoms with van der Waals surface area (Å²) in [5.41, 5.74) is 0.00157. The zero-order valence-corrected chi connectivity index (χ0v) is 14.7. The highest BCUT2D eigenvalue weighted by Crippen LogP contribution is 2.52. The van der Waals surface area contributed by atoms with Crippen molar-refractivity contribution >= 4 is 23.7 Å². The molecule has 2 bridgehead atoms. The first-order chi connectivity index (χ1) is 13.0. The Hall–Kier alpha value is -3.23. The van der Waals surface area contributed by atoms with Crippen LogP contribution in [0.15, 0.2) is 29.4 Å². The molecule has 0 unspecified atom stereocenters. The van der Waals surface area contributed by atoms with Crippen molar-refractivity contribution in [2.45, 2.75) is 6.42 Å². The third-order valence-corrected chi connectivity index (χ3v) is 5.49. The number of amides is 2. The van der Waals surface area contributed by atoms with Crippen molar-refractivity contribution in [1.82, 2.24) is 5.01 Å². The van der Waals surface area contributed by atoms with E-state index in [1.807, 2.05) is 12.2 Å². The molecule has 1 aliphatic heterocycles. The molecule has 3 aliphatic rings. The number of carbonyl (C=O) groups is 2. The second-order valence-corrected chi connectivity index (χ2v) is 6.76. The van der Waals surface area contributed by atoms with Crippen molar-refractivity contribution in [1.29, 1.82) is 0 Å². The lowest BCUT2D eigenvalue weighted by atomic mass is 9.85. The summed E-state index contributed by atoms with van der Waals surface area (Å²) in [6.45, 7) is 0. The topological polar surface area (TPSA) is 111 Å². The monoisotopic (exact) mass is 371 g/mol. The normalized spacial score (nSPS) is 28.3. The molecular weight excluding hydrogens is 354 g/mol. The van der Waals surface area contributed by atoms with Gasteiger partial charge in [0, 0.05) is 17.7 Å². The molecule has 9 nitrogen and oxygen atoms in total. The minimum atomic E-state index is -0.588. The first-order valence-electron chi connectivity index (χ1n) is 8.46. The molecule has 2 fully saturated rings. The number of methoxy groups -OCH3 is 2. The smallest absolute Gasteiger partial charge is 0.311 e. The molecule has 1 aromatic carbocycles. The number of rotatable bonds is 5. The zero-order valence-electron chi connectivity index (χ0n) is 14.7. The summed E-state index contributed by atoms with van der Waals surface area (Å²) in [6.07, 6.45) is 6.07. The standard InChI is InChI=1S/C18H17N3O6/c1-26-13-7-14(27-2)12(21(24)25)6-11(13)8-19-20-17(22)15-9-3-4-10(5-9)16(15)18(20)23/h3-4,6-10,15-16H,5H2,1-2H3/b19-8-/t9-,10+,15-,16+. The van der Waals surface area contributed by atoms with Crippen molar-refractivity contribution in [2.75, 3.05) is 14.2 Å². The first-order valence-corrected chi connectivity index (χ1v) is 8.46. The van der Waals surface area contributed by atoms with Gasteiger partial charge in [-0.3, -0.25) is 19.7 Å². The zero-order chi connectivity index (χ0) is 19.3. The van der Waals surface area contributed by atoms with Gasteiger partial charge in [0.1, 0.15) is 5.75 Å². The van der Waals surface area contributed by atoms with Crippen LogP contribution in [0.5, 0.6) is 11.5 Å². The molecule has 0 aromatic heterocycles. The molecule has 1 heterocycles. The van der Waals surface area contributed by atoms with Crippen LogP contribution in [0, 0.1) is 33.8 Å². The van der Waals surface area contributed by atoms with E-state index in [9.17, 15) is 19.7 Å². The minimum absolute atomic E-state index is 0.0412. The first kappa shape index (κ1) is 17.2. The summed E-state index contributed by atoms with van der Waals surface area (Å²) < 4.78 is 10.2. The lowest BCUT2D eigenvalue weighted by Crippen LogP contribution is -2.28. The fourth-order valence-corrected chi connectivity index (χ4v) is 4.27. The number of carbonyl (C=O) groups excluding carboxylic acids is 2. The molecule has 1 saturated carbocycles. The quantitative estimate of drug-likeness (QED) is 0.256. The third-order valence-electron chi connectivity index (χ3n) is 5.49. The number of hydrazone groups is 1. The van der Waals surface area contributed by atoms with Crippen LogP contribution in [0.1, 0.15) is 12.0 Å². The van der Waals surface area contributed by atoms with Gasteiger partial charge in [0.05, 0.1) is 37.2 Å². The Morgan fingerprint density at radius 3 is 2.22 bits per heavy atom. The maximum atomic E-state index is 12.6. The van der Waals surface area contributed by atoms with Gasteiger partial charge in [-0.15, -0.1) is 0 Å². The molecule has 4 rings (SSSR count). The summed E-state index contributed by atoms with van der Waals surface area (Å²) in [6, 6.07) is 2.60. The number of nitro groups is 1. The van der Waals surface area contributed by atoms with Crippen LogP contribution in [0.2, 0.25) is 0 Å². The van der Waals surface area contributed by atoms with Crippen molar-refractivity contribution in [3.05, 3.63) is 40.0 Å². The van der Waals surface area contributed by atoms with Crippen molar-refractivity contribution in [3.8, 4) is 11.5 Å². The molecule has 27 heavy (non-hydrogen) atoms. The van der Waals surface area contributed by atoms with Gasteiger partial charge in [0.25, 0.3) is 11.8 Å². The predicted octanol–water partition coefficient (Wildman–Crippen LogP) is 1.75. The van der Waals surface area contributed by atoms with Crippen LogP contribution in [-0.2, 0) is 9.59 Å². The largest absolute Gasteiger partial charge is 0.496 e. The summed E-state index contributed by atoms with van der Waals surface area (Å²) in [7, 11) is 2.72. The number of allylic oxidation sites excluding steroid dienone is 2. The van der Waals surface area contributed by atoms with E-state index in [4.69, 9.17) is 9.47 Å². The SMILES string of the molecule is COc1cc(OC)c([N+](=O)[O-])cc1/C=N\N1C(=O)[C@@H]2[C@H](C1=O)[C@@H]1C=C[C@H]2C1. The highest BCUT2D eigenvalue weighted by Gasteiger charge is 2.59. The maximum absolute atomic E-state index is 12.6. The molecule has 1 aromatic rings. The van der Waals surface area contributed by atoms with Crippen molar-refractivity contribution < 1.29 is 24.0 Å². The van der Waals surface area contributed by atoms with E-state index >= 15 is 0 Å². The van der Waals surface area contributed by atoms with E-state index in [0.29, 0.717) is 0 Å². The van der Waals surface area contributed by atoms with E-state index < -0.39 is 4.92 Å². The van der Waals surface area contributed by atoms with Gasteiger partial charge < -0.3 is 9.47 Å². The molecular formula is C18H17N3O6. The van der Waals surface area contributed by atoms with Crippen LogP contribution >= 0.6 is 0 Å². The molecule has 2 aliphatic carbocycles. The Labute approximate surface area is 154 Å². The van der Waals surface area contributed by atoms with Crippen molar-refractivity contribution in [3.63, 3.8) is 0 Å². The number of imide groups is 1. The number of benzene rings is 1. The Morgan fingerprint density at radius 2 is 1.70 bits per heavy atom. The van der Waals surface area contributed by atoms with Crippen LogP contribution < -0.4 is 9.47 Å². The van der Waals surface area contributed by atoms with Crippen LogP contribution in [-0.4, -0.2) is 42.2 Å². The molecule has 0 radical (unpaired) electrons. The Morgan fingerprint density at radius 1 is 1.11 bits per heavy atom. The number of fused-ring (bicyclic) bond motifs is 5. The van der Waals surface area contributed by atoms with Gasteiger partial charge in [-0.2, -0.15) is 10.1 Å².